The van der Waals surface area contributed by atoms with Gasteiger partial charge in [-0.25, -0.2) is 17.6 Å². The third-order valence-corrected chi connectivity index (χ3v) is 6.75. The number of methoxy groups -OCH3 is 1. The maximum atomic E-state index is 14.6. The molecule has 32 heavy (non-hydrogen) atoms. The molecule has 166 valence electrons. The van der Waals surface area contributed by atoms with Gasteiger partial charge in [-0.3, -0.25) is 4.72 Å². The molecule has 4 bridgehead atoms. The summed E-state index contributed by atoms with van der Waals surface area (Å²) in [6, 6.07) is 14.1. The summed E-state index contributed by atoms with van der Waals surface area (Å²) >= 11 is 6.18. The van der Waals surface area contributed by atoms with E-state index in [9.17, 15) is 17.6 Å². The van der Waals surface area contributed by atoms with E-state index in [0.717, 1.165) is 17.2 Å². The Morgan fingerprint density at radius 3 is 2.66 bits per heavy atom. The molecule has 3 aromatic carbocycles. The van der Waals surface area contributed by atoms with Crippen molar-refractivity contribution < 1.29 is 27.1 Å². The molecule has 0 aromatic heterocycles. The molecule has 9 heteroatoms. The predicted molar refractivity (Wildman–Crippen MR) is 119 cm³/mol. The largest absolute Gasteiger partial charge is 0.494 e. The Morgan fingerprint density at radius 1 is 1.09 bits per heavy atom. The van der Waals surface area contributed by atoms with Crippen molar-refractivity contribution in [1.82, 2.24) is 0 Å². The number of benzene rings is 3. The van der Waals surface area contributed by atoms with Gasteiger partial charge in [-0.2, -0.15) is 0 Å². The van der Waals surface area contributed by atoms with Crippen LogP contribution in [0.2, 0.25) is 5.02 Å². The normalized spacial score (nSPS) is 15.4. The first-order valence-corrected chi connectivity index (χ1v) is 11.6. The summed E-state index contributed by atoms with van der Waals surface area (Å²) in [7, 11) is -3.12. The summed E-state index contributed by atoms with van der Waals surface area (Å²) in [5, 5.41) is -0.0896. The third-order valence-electron chi connectivity index (χ3n) is 5.10. The zero-order valence-electron chi connectivity index (χ0n) is 17.0. The molecule has 0 radical (unpaired) electrons. The Bertz CT molecular complexity index is 1310. The van der Waals surface area contributed by atoms with Gasteiger partial charge >= 0.3 is 5.97 Å². The summed E-state index contributed by atoms with van der Waals surface area (Å²) in [4.78, 5) is 12.1. The minimum atomic E-state index is -4.37. The quantitative estimate of drug-likeness (QED) is 0.497. The van der Waals surface area contributed by atoms with Crippen molar-refractivity contribution in [2.75, 3.05) is 18.4 Å². The number of sulfonamides is 1. The second-order valence-corrected chi connectivity index (χ2v) is 9.24. The van der Waals surface area contributed by atoms with Crippen LogP contribution in [0.1, 0.15) is 22.3 Å². The van der Waals surface area contributed by atoms with Gasteiger partial charge in [0.15, 0.2) is 5.75 Å². The first-order chi connectivity index (χ1) is 15.3. The Labute approximate surface area is 190 Å². The Kier molecular flexibility index (Phi) is 6.08. The molecule has 0 spiro atoms. The highest BCUT2D eigenvalue weighted by atomic mass is 35.5. The van der Waals surface area contributed by atoms with Crippen molar-refractivity contribution in [3.63, 3.8) is 0 Å². The van der Waals surface area contributed by atoms with E-state index in [2.05, 4.69) is 4.72 Å². The van der Waals surface area contributed by atoms with E-state index in [1.165, 1.54) is 25.3 Å². The lowest BCUT2D eigenvalue weighted by Gasteiger charge is -2.15. The zero-order chi connectivity index (χ0) is 22.9. The number of hydrogen-bond acceptors (Lipinski definition) is 5. The van der Waals surface area contributed by atoms with Crippen molar-refractivity contribution in [3.8, 4) is 16.9 Å². The van der Waals surface area contributed by atoms with E-state index < -0.39 is 26.7 Å². The van der Waals surface area contributed by atoms with Gasteiger partial charge in [0.1, 0.15) is 10.7 Å². The van der Waals surface area contributed by atoms with Crippen LogP contribution in [0.15, 0.2) is 59.5 Å². The lowest BCUT2D eigenvalue weighted by Crippen LogP contribution is -2.17. The van der Waals surface area contributed by atoms with E-state index in [-0.39, 0.29) is 28.6 Å². The number of carbonyl (C=O) groups excluding carboxylic acids is 1. The monoisotopic (exact) mass is 475 g/mol. The average molecular weight is 476 g/mol. The fourth-order valence-corrected chi connectivity index (χ4v) is 5.21. The second-order valence-electron chi connectivity index (χ2n) is 7.19. The predicted octanol–water partition coefficient (Wildman–Crippen LogP) is 5.06. The fraction of sp³-hybridized carbons (Fsp3) is 0.174. The molecule has 0 saturated heterocycles. The number of fused-ring (bicyclic) bond motifs is 6. The van der Waals surface area contributed by atoms with E-state index >= 15 is 0 Å². The standard InChI is InChI=1S/C23H19ClFNO5S/c1-30-22-18(24)11-16-13-21(22)32(28,29)26-20-12-15(8-9-19(20)25)17-7-3-2-5-14(17)6-4-10-31-23(16)27/h2-3,5,7-9,11-13,26H,4,6,10H2,1H3. The molecule has 4 rings (SSSR count). The summed E-state index contributed by atoms with van der Waals surface area (Å²) < 4.78 is 53.7. The van der Waals surface area contributed by atoms with Crippen LogP contribution < -0.4 is 9.46 Å². The van der Waals surface area contributed by atoms with Crippen LogP contribution in [-0.4, -0.2) is 28.1 Å². The first kappa shape index (κ1) is 22.1. The van der Waals surface area contributed by atoms with Crippen molar-refractivity contribution in [2.24, 2.45) is 0 Å². The third kappa shape index (κ3) is 4.28. The minimum absolute atomic E-state index is 0.0549. The molecule has 0 saturated carbocycles. The number of nitrogens with one attached hydrogen (secondary N) is 1. The lowest BCUT2D eigenvalue weighted by molar-refractivity contribution is 0.0500. The highest BCUT2D eigenvalue weighted by molar-refractivity contribution is 7.92. The van der Waals surface area contributed by atoms with Gasteiger partial charge in [0.25, 0.3) is 10.0 Å². The number of aryl methyl sites for hydroxylation is 1. The first-order valence-electron chi connectivity index (χ1n) is 9.75. The van der Waals surface area contributed by atoms with Crippen LogP contribution in [-0.2, 0) is 21.2 Å². The Hall–Kier alpha value is -3.10. The number of carbonyl (C=O) groups is 1. The molecule has 0 atom stereocenters. The van der Waals surface area contributed by atoms with E-state index in [1.54, 1.807) is 6.07 Å². The van der Waals surface area contributed by atoms with Crippen LogP contribution in [0, 0.1) is 5.82 Å². The molecule has 3 aromatic rings. The van der Waals surface area contributed by atoms with Crippen LogP contribution in [0.5, 0.6) is 5.75 Å². The molecule has 1 aliphatic heterocycles. The van der Waals surface area contributed by atoms with Crippen molar-refractivity contribution in [2.45, 2.75) is 17.7 Å². The number of cyclic esters (lactones) is 1. The van der Waals surface area contributed by atoms with Gasteiger partial charge in [0.05, 0.1) is 30.0 Å². The number of halogens is 2. The van der Waals surface area contributed by atoms with E-state index in [0.29, 0.717) is 18.4 Å². The van der Waals surface area contributed by atoms with Gasteiger partial charge < -0.3 is 9.47 Å². The van der Waals surface area contributed by atoms with Crippen LogP contribution >= 0.6 is 11.6 Å². The van der Waals surface area contributed by atoms with Gasteiger partial charge in [-0.15, -0.1) is 0 Å². The lowest BCUT2D eigenvalue weighted by atomic mass is 9.96. The summed E-state index contributed by atoms with van der Waals surface area (Å²) in [5.41, 5.74) is 2.14. The van der Waals surface area contributed by atoms with Gasteiger partial charge in [0, 0.05) is 0 Å². The number of esters is 1. The molecule has 1 N–H and O–H groups in total. The molecular weight excluding hydrogens is 457 g/mol. The highest BCUT2D eigenvalue weighted by Crippen LogP contribution is 2.36. The van der Waals surface area contributed by atoms with Crippen molar-refractivity contribution >= 4 is 33.3 Å². The summed E-state index contributed by atoms with van der Waals surface area (Å²) in [6.07, 6.45) is 1.15. The van der Waals surface area contributed by atoms with E-state index in [4.69, 9.17) is 21.1 Å². The molecule has 1 aliphatic rings. The second kappa shape index (κ2) is 8.80. The van der Waals surface area contributed by atoms with Crippen molar-refractivity contribution in [1.29, 1.82) is 0 Å². The van der Waals surface area contributed by atoms with Crippen LogP contribution in [0.3, 0.4) is 0 Å². The summed E-state index contributed by atoms with van der Waals surface area (Å²) in [5.74, 6) is -1.64. The molecule has 1 heterocycles. The molecule has 0 fully saturated rings. The van der Waals surface area contributed by atoms with E-state index in [1.807, 2.05) is 24.3 Å². The molecule has 0 unspecified atom stereocenters. The number of ether oxygens (including phenoxy) is 2. The smallest absolute Gasteiger partial charge is 0.338 e. The number of anilines is 1. The maximum Gasteiger partial charge on any atom is 0.338 e. The van der Waals surface area contributed by atoms with Gasteiger partial charge in [-0.05, 0) is 53.8 Å². The number of rotatable bonds is 1. The topological polar surface area (TPSA) is 81.7 Å². The minimum Gasteiger partial charge on any atom is -0.494 e. The highest BCUT2D eigenvalue weighted by Gasteiger charge is 2.26. The average Bonchev–Trinajstić information content (AvgIpc) is 2.77. The molecular formula is C23H19ClFNO5S. The molecule has 0 aliphatic carbocycles. The summed E-state index contributed by atoms with van der Waals surface area (Å²) in [6.45, 7) is 0.131. The fourth-order valence-electron chi connectivity index (χ4n) is 3.59. The molecule has 6 nitrogen and oxygen atoms in total. The Morgan fingerprint density at radius 2 is 1.88 bits per heavy atom. The van der Waals surface area contributed by atoms with Gasteiger partial charge in [-0.1, -0.05) is 41.9 Å². The maximum absolute atomic E-state index is 14.6. The van der Waals surface area contributed by atoms with Crippen LogP contribution in [0.4, 0.5) is 10.1 Å². The molecule has 0 amide bonds. The van der Waals surface area contributed by atoms with Crippen molar-refractivity contribution in [3.05, 3.63) is 76.6 Å². The zero-order valence-corrected chi connectivity index (χ0v) is 18.6. The number of hydrogen-bond donors (Lipinski definition) is 1. The van der Waals surface area contributed by atoms with Crippen LogP contribution in [0.25, 0.3) is 11.1 Å². The Balaban J connectivity index is 1.91. The SMILES string of the molecule is COc1c(Cl)cc2cc1S(=O)(=O)Nc1cc(ccc1F)-c1ccccc1CCCOC2=O. The van der Waals surface area contributed by atoms with Gasteiger partial charge in [0.2, 0.25) is 0 Å².